The van der Waals surface area contributed by atoms with Crippen LogP contribution < -0.4 is 0 Å². The molecule has 0 spiro atoms. The third-order valence-corrected chi connectivity index (χ3v) is 3.79. The second kappa shape index (κ2) is 6.05. The largest absolute Gasteiger partial charge is 0.370 e. The highest BCUT2D eigenvalue weighted by Gasteiger charge is 2.23. The summed E-state index contributed by atoms with van der Waals surface area (Å²) >= 11 is 11.1. The first-order valence-electron chi connectivity index (χ1n) is 6.44. The average molecular weight is 327 g/mol. The Balaban J connectivity index is 1.96. The van der Waals surface area contributed by atoms with Gasteiger partial charge in [0.15, 0.2) is 5.82 Å². The van der Waals surface area contributed by atoms with Crippen molar-refractivity contribution in [3.05, 3.63) is 45.2 Å². The van der Waals surface area contributed by atoms with Crippen molar-refractivity contribution in [2.75, 3.05) is 6.61 Å². The van der Waals surface area contributed by atoms with Gasteiger partial charge >= 0.3 is 0 Å². The van der Waals surface area contributed by atoms with E-state index in [0.29, 0.717) is 17.2 Å². The van der Waals surface area contributed by atoms with Crippen molar-refractivity contribution in [1.29, 1.82) is 0 Å². The smallest absolute Gasteiger partial charge is 0.216 e. The van der Waals surface area contributed by atoms with E-state index >= 15 is 0 Å². The lowest BCUT2D eigenvalue weighted by molar-refractivity contribution is 0.102. The summed E-state index contributed by atoms with van der Waals surface area (Å²) < 4.78 is 21.1. The fourth-order valence-electron chi connectivity index (χ4n) is 2.15. The van der Waals surface area contributed by atoms with Gasteiger partial charge in [-0.05, 0) is 37.2 Å². The Bertz CT molecular complexity index is 716. The van der Waals surface area contributed by atoms with Crippen molar-refractivity contribution in [3.8, 4) is 0 Å². The van der Waals surface area contributed by atoms with Gasteiger partial charge in [-0.25, -0.2) is 4.39 Å². The molecule has 1 aromatic carbocycles. The Labute approximate surface area is 130 Å². The van der Waals surface area contributed by atoms with Crippen molar-refractivity contribution >= 4 is 30.0 Å². The number of nitrogens with one attached hydrogen (secondary N) is 1. The van der Waals surface area contributed by atoms with Crippen molar-refractivity contribution in [1.82, 2.24) is 14.9 Å². The van der Waals surface area contributed by atoms with E-state index in [-0.39, 0.29) is 16.7 Å². The summed E-state index contributed by atoms with van der Waals surface area (Å²) in [5.41, 5.74) is 0.209. The summed E-state index contributed by atoms with van der Waals surface area (Å²) in [5, 5.41) is 11.3. The molecule has 0 radical (unpaired) electrons. The van der Waals surface area contributed by atoms with Gasteiger partial charge in [0.25, 0.3) is 0 Å². The van der Waals surface area contributed by atoms with Crippen LogP contribution in [0.25, 0.3) is 0 Å². The lowest BCUT2D eigenvalue weighted by atomic mass is 10.2. The van der Waals surface area contributed by atoms with Crippen LogP contribution in [0.2, 0.25) is 5.02 Å². The van der Waals surface area contributed by atoms with E-state index in [0.717, 1.165) is 12.8 Å². The van der Waals surface area contributed by atoms with Gasteiger partial charge in [0.1, 0.15) is 11.9 Å². The Morgan fingerprint density at radius 1 is 1.57 bits per heavy atom. The number of H-pyrrole nitrogens is 1. The van der Waals surface area contributed by atoms with Crippen molar-refractivity contribution in [3.63, 3.8) is 0 Å². The first-order chi connectivity index (χ1) is 10.2. The van der Waals surface area contributed by atoms with Crippen LogP contribution in [0.15, 0.2) is 23.3 Å². The zero-order valence-electron chi connectivity index (χ0n) is 10.9. The Morgan fingerprint density at radius 2 is 2.43 bits per heavy atom. The molecule has 3 rings (SSSR count). The van der Waals surface area contributed by atoms with Crippen LogP contribution in [0.5, 0.6) is 0 Å². The van der Waals surface area contributed by atoms with E-state index in [1.807, 2.05) is 0 Å². The number of aromatic amines is 1. The highest BCUT2D eigenvalue weighted by molar-refractivity contribution is 7.71. The van der Waals surface area contributed by atoms with Crippen molar-refractivity contribution in [2.45, 2.75) is 18.9 Å². The highest BCUT2D eigenvalue weighted by Crippen LogP contribution is 2.27. The molecule has 1 aliphatic heterocycles. The summed E-state index contributed by atoms with van der Waals surface area (Å²) in [6.45, 7) is 0.688. The second-order valence-corrected chi connectivity index (χ2v) is 5.37. The van der Waals surface area contributed by atoms with Crippen LogP contribution in [0.1, 0.15) is 30.3 Å². The minimum absolute atomic E-state index is 0.147. The molecular weight excluding hydrogens is 315 g/mol. The van der Waals surface area contributed by atoms with Gasteiger partial charge in [-0.2, -0.15) is 14.9 Å². The fourth-order valence-corrected chi connectivity index (χ4v) is 2.55. The minimum Gasteiger partial charge on any atom is -0.370 e. The van der Waals surface area contributed by atoms with Crippen molar-refractivity contribution in [2.24, 2.45) is 5.10 Å². The zero-order chi connectivity index (χ0) is 14.8. The van der Waals surface area contributed by atoms with Gasteiger partial charge in [0.2, 0.25) is 4.77 Å². The molecule has 110 valence electrons. The molecule has 8 heteroatoms. The molecule has 2 aromatic rings. The number of hydrogen-bond donors (Lipinski definition) is 1. The topological polar surface area (TPSA) is 55.2 Å². The Kier molecular flexibility index (Phi) is 4.14. The van der Waals surface area contributed by atoms with Gasteiger partial charge in [0, 0.05) is 12.2 Å². The van der Waals surface area contributed by atoms with E-state index in [4.69, 9.17) is 28.6 Å². The third kappa shape index (κ3) is 2.90. The average Bonchev–Trinajstić information content (AvgIpc) is 3.08. The number of benzene rings is 1. The molecule has 1 fully saturated rings. The standard InChI is InChI=1S/C13H12ClFN4OS/c14-9-3-1-4-10(15)8(9)7-16-19-12(17-18-13(19)21)11-5-2-6-20-11/h1,3-4,7,11H,2,5-6H2,(H,18,21)/b16-7-/t11-/m0/s1. The number of ether oxygens (including phenoxy) is 1. The number of nitrogens with zero attached hydrogens (tertiary/aromatic N) is 3. The highest BCUT2D eigenvalue weighted by atomic mass is 35.5. The summed E-state index contributed by atoms with van der Waals surface area (Å²) in [6, 6.07) is 4.46. The monoisotopic (exact) mass is 326 g/mol. The van der Waals surface area contributed by atoms with Crippen LogP contribution in [0, 0.1) is 10.6 Å². The van der Waals surface area contributed by atoms with E-state index in [1.54, 1.807) is 6.07 Å². The first-order valence-corrected chi connectivity index (χ1v) is 7.22. The molecule has 0 unspecified atom stereocenters. The summed E-state index contributed by atoms with van der Waals surface area (Å²) in [5.74, 6) is 0.140. The van der Waals surface area contributed by atoms with Gasteiger partial charge < -0.3 is 4.74 Å². The third-order valence-electron chi connectivity index (χ3n) is 3.20. The second-order valence-electron chi connectivity index (χ2n) is 4.58. The van der Waals surface area contributed by atoms with Crippen LogP contribution in [-0.2, 0) is 4.74 Å². The van der Waals surface area contributed by atoms with Gasteiger partial charge in [0.05, 0.1) is 11.2 Å². The van der Waals surface area contributed by atoms with E-state index in [1.165, 1.54) is 23.0 Å². The summed E-state index contributed by atoms with van der Waals surface area (Å²) in [4.78, 5) is 0. The molecule has 0 bridgehead atoms. The molecular formula is C13H12ClFN4OS. The Hall–Kier alpha value is -1.57. The molecule has 2 heterocycles. The quantitative estimate of drug-likeness (QED) is 0.694. The molecule has 1 aromatic heterocycles. The first kappa shape index (κ1) is 14.4. The summed E-state index contributed by atoms with van der Waals surface area (Å²) in [7, 11) is 0. The van der Waals surface area contributed by atoms with Crippen LogP contribution >= 0.6 is 23.8 Å². The summed E-state index contributed by atoms with van der Waals surface area (Å²) in [6.07, 6.45) is 3.01. The minimum atomic E-state index is -0.445. The number of halogens is 2. The molecule has 1 N–H and O–H groups in total. The van der Waals surface area contributed by atoms with E-state index in [2.05, 4.69) is 15.3 Å². The predicted molar refractivity (Wildman–Crippen MR) is 79.7 cm³/mol. The fraction of sp³-hybridized carbons (Fsp3) is 0.308. The maximum Gasteiger partial charge on any atom is 0.216 e. The van der Waals surface area contributed by atoms with E-state index < -0.39 is 5.82 Å². The molecule has 0 amide bonds. The lowest BCUT2D eigenvalue weighted by Gasteiger charge is -2.07. The molecule has 21 heavy (non-hydrogen) atoms. The van der Waals surface area contributed by atoms with Gasteiger partial charge in [-0.1, -0.05) is 17.7 Å². The van der Waals surface area contributed by atoms with Gasteiger partial charge in [-0.3, -0.25) is 5.10 Å². The predicted octanol–water partition coefficient (Wildman–Crippen LogP) is 3.47. The van der Waals surface area contributed by atoms with Gasteiger partial charge in [-0.15, -0.1) is 0 Å². The molecule has 1 saturated heterocycles. The van der Waals surface area contributed by atoms with E-state index in [9.17, 15) is 4.39 Å². The zero-order valence-corrected chi connectivity index (χ0v) is 12.5. The molecule has 1 atom stereocenters. The number of hydrogen-bond acceptors (Lipinski definition) is 4. The lowest BCUT2D eigenvalue weighted by Crippen LogP contribution is -2.05. The van der Waals surface area contributed by atoms with Crippen LogP contribution in [-0.4, -0.2) is 27.7 Å². The van der Waals surface area contributed by atoms with Crippen LogP contribution in [0.4, 0.5) is 4.39 Å². The maximum absolute atomic E-state index is 13.7. The Morgan fingerprint density at radius 3 is 3.14 bits per heavy atom. The number of rotatable bonds is 3. The molecule has 5 nitrogen and oxygen atoms in total. The SMILES string of the molecule is Fc1cccc(Cl)c1/C=N\n1c([C@@H]2CCCO2)n[nH]c1=S. The molecule has 0 aliphatic carbocycles. The molecule has 1 aliphatic rings. The number of aromatic nitrogens is 3. The van der Waals surface area contributed by atoms with Crippen LogP contribution in [0.3, 0.4) is 0 Å². The maximum atomic E-state index is 13.7. The normalized spacial score (nSPS) is 18.7. The molecule has 0 saturated carbocycles. The van der Waals surface area contributed by atoms with Crippen molar-refractivity contribution < 1.29 is 9.13 Å².